The summed E-state index contributed by atoms with van der Waals surface area (Å²) in [6.07, 6.45) is 3.00. The van der Waals surface area contributed by atoms with Crippen molar-refractivity contribution in [3.8, 4) is 0 Å². The van der Waals surface area contributed by atoms with Crippen molar-refractivity contribution in [1.29, 1.82) is 0 Å². The van der Waals surface area contributed by atoms with Crippen LogP contribution in [0.2, 0.25) is 0 Å². The Morgan fingerprint density at radius 2 is 2.13 bits per heavy atom. The first-order valence-electron chi connectivity index (χ1n) is 5.42. The first kappa shape index (κ1) is 10.4. The fourth-order valence-electron chi connectivity index (χ4n) is 2.60. The highest BCUT2D eigenvalue weighted by Gasteiger charge is 2.43. The summed E-state index contributed by atoms with van der Waals surface area (Å²) in [7, 11) is 1.66. The average molecular weight is 211 g/mol. The fourth-order valence-corrected chi connectivity index (χ4v) is 2.60. The predicted molar refractivity (Wildman–Crippen MR) is 55.1 cm³/mol. The molecule has 5 nitrogen and oxygen atoms in total. The SMILES string of the molecule is CN1CC(=O)N(C2CCCC2CN)C1=O. The fraction of sp³-hybridized carbons (Fsp3) is 0.800. The van der Waals surface area contributed by atoms with Gasteiger partial charge in [0.2, 0.25) is 0 Å². The van der Waals surface area contributed by atoms with Gasteiger partial charge in [0.05, 0.1) is 0 Å². The normalized spacial score (nSPS) is 31.9. The van der Waals surface area contributed by atoms with E-state index in [0.29, 0.717) is 12.5 Å². The van der Waals surface area contributed by atoms with E-state index in [2.05, 4.69) is 0 Å². The van der Waals surface area contributed by atoms with Crippen LogP contribution in [0.5, 0.6) is 0 Å². The summed E-state index contributed by atoms with van der Waals surface area (Å²) in [6, 6.07) is -0.120. The predicted octanol–water partition coefficient (Wildman–Crippen LogP) is 0.00780. The molecule has 84 valence electrons. The molecule has 0 radical (unpaired) electrons. The Hall–Kier alpha value is -1.10. The summed E-state index contributed by atoms with van der Waals surface area (Å²) in [5.74, 6) is 0.220. The van der Waals surface area contributed by atoms with Crippen molar-refractivity contribution in [2.24, 2.45) is 11.7 Å². The van der Waals surface area contributed by atoms with Crippen LogP contribution in [-0.4, -0.2) is 47.9 Å². The van der Waals surface area contributed by atoms with Gasteiger partial charge in [-0.2, -0.15) is 0 Å². The zero-order valence-electron chi connectivity index (χ0n) is 8.98. The molecule has 2 fully saturated rings. The lowest BCUT2D eigenvalue weighted by atomic mass is 10.0. The van der Waals surface area contributed by atoms with Gasteiger partial charge in [0.1, 0.15) is 6.54 Å². The van der Waals surface area contributed by atoms with E-state index in [4.69, 9.17) is 5.73 Å². The number of amides is 3. The maximum absolute atomic E-state index is 11.8. The first-order valence-corrected chi connectivity index (χ1v) is 5.42. The summed E-state index contributed by atoms with van der Waals surface area (Å²) < 4.78 is 0. The molecule has 5 heteroatoms. The molecule has 1 saturated carbocycles. The van der Waals surface area contributed by atoms with Gasteiger partial charge in [-0.1, -0.05) is 6.42 Å². The monoisotopic (exact) mass is 211 g/mol. The Kier molecular flexibility index (Phi) is 2.65. The van der Waals surface area contributed by atoms with Crippen LogP contribution in [-0.2, 0) is 4.79 Å². The van der Waals surface area contributed by atoms with Crippen LogP contribution in [0.25, 0.3) is 0 Å². The second-order valence-electron chi connectivity index (χ2n) is 4.40. The Bertz CT molecular complexity index is 292. The molecule has 1 heterocycles. The van der Waals surface area contributed by atoms with Crippen molar-refractivity contribution >= 4 is 11.9 Å². The number of carbonyl (C=O) groups excluding carboxylic acids is 2. The number of nitrogens with two attached hydrogens (primary N) is 1. The number of urea groups is 1. The number of hydrogen-bond donors (Lipinski definition) is 1. The van der Waals surface area contributed by atoms with Gasteiger partial charge in [0.25, 0.3) is 5.91 Å². The quantitative estimate of drug-likeness (QED) is 0.654. The van der Waals surface area contributed by atoms with Gasteiger partial charge in [-0.15, -0.1) is 0 Å². The minimum Gasteiger partial charge on any atom is -0.330 e. The molecule has 1 saturated heterocycles. The van der Waals surface area contributed by atoms with Crippen molar-refractivity contribution in [3.05, 3.63) is 0 Å². The highest BCUT2D eigenvalue weighted by atomic mass is 16.2. The average Bonchev–Trinajstić information content (AvgIpc) is 2.73. The summed E-state index contributed by atoms with van der Waals surface area (Å²) in [5.41, 5.74) is 5.65. The van der Waals surface area contributed by atoms with Gasteiger partial charge in [0, 0.05) is 13.1 Å². The van der Waals surface area contributed by atoms with Gasteiger partial charge < -0.3 is 10.6 Å². The third-order valence-corrected chi connectivity index (χ3v) is 3.43. The Morgan fingerprint density at radius 1 is 1.40 bits per heavy atom. The van der Waals surface area contributed by atoms with E-state index in [1.54, 1.807) is 7.05 Å². The van der Waals surface area contributed by atoms with Crippen LogP contribution in [0, 0.1) is 5.92 Å². The minimum atomic E-state index is -0.162. The molecule has 2 rings (SSSR count). The maximum Gasteiger partial charge on any atom is 0.327 e. The van der Waals surface area contributed by atoms with E-state index in [1.807, 2.05) is 0 Å². The molecule has 15 heavy (non-hydrogen) atoms. The van der Waals surface area contributed by atoms with Crippen molar-refractivity contribution < 1.29 is 9.59 Å². The Balaban J connectivity index is 2.16. The second-order valence-corrected chi connectivity index (χ2v) is 4.40. The standard InChI is InChI=1S/C10H17N3O2/c1-12-6-9(14)13(10(12)15)8-4-2-3-7(8)5-11/h7-8H,2-6,11H2,1H3. The zero-order chi connectivity index (χ0) is 11.0. The molecule has 1 aliphatic carbocycles. The number of nitrogens with zero attached hydrogens (tertiary/aromatic N) is 2. The molecule has 0 spiro atoms. The van der Waals surface area contributed by atoms with E-state index in [1.165, 1.54) is 9.80 Å². The third-order valence-electron chi connectivity index (χ3n) is 3.43. The van der Waals surface area contributed by atoms with Gasteiger partial charge in [0.15, 0.2) is 0 Å². The molecule has 2 unspecified atom stereocenters. The number of imide groups is 1. The molecule has 2 aliphatic rings. The molecule has 0 aromatic rings. The van der Waals surface area contributed by atoms with E-state index in [-0.39, 0.29) is 24.5 Å². The molecule has 2 atom stereocenters. The molecule has 2 N–H and O–H groups in total. The summed E-state index contributed by atoms with van der Waals surface area (Å²) >= 11 is 0. The van der Waals surface area contributed by atoms with Gasteiger partial charge in [-0.3, -0.25) is 9.69 Å². The lowest BCUT2D eigenvalue weighted by molar-refractivity contribution is -0.127. The van der Waals surface area contributed by atoms with Crippen molar-refractivity contribution in [2.75, 3.05) is 20.1 Å². The Labute approximate surface area is 89.2 Å². The number of carbonyl (C=O) groups is 2. The molecule has 0 aromatic carbocycles. The Morgan fingerprint density at radius 3 is 2.67 bits per heavy atom. The van der Waals surface area contributed by atoms with E-state index < -0.39 is 0 Å². The zero-order valence-corrected chi connectivity index (χ0v) is 8.98. The number of likely N-dealkylation sites (N-methyl/N-ethyl adjacent to an activating group) is 1. The van der Waals surface area contributed by atoms with Crippen LogP contribution in [0.4, 0.5) is 4.79 Å². The number of rotatable bonds is 2. The van der Waals surface area contributed by atoms with Crippen molar-refractivity contribution in [2.45, 2.75) is 25.3 Å². The van der Waals surface area contributed by atoms with Gasteiger partial charge in [-0.25, -0.2) is 4.79 Å². The summed E-state index contributed by atoms with van der Waals surface area (Å²) in [5, 5.41) is 0. The third kappa shape index (κ3) is 1.61. The van der Waals surface area contributed by atoms with Crippen LogP contribution in [0.15, 0.2) is 0 Å². The van der Waals surface area contributed by atoms with E-state index in [0.717, 1.165) is 19.3 Å². The minimum absolute atomic E-state index is 0.0416. The topological polar surface area (TPSA) is 66.6 Å². The summed E-state index contributed by atoms with van der Waals surface area (Å²) in [6.45, 7) is 0.776. The van der Waals surface area contributed by atoms with E-state index in [9.17, 15) is 9.59 Å². The smallest absolute Gasteiger partial charge is 0.327 e. The highest BCUT2D eigenvalue weighted by molar-refractivity contribution is 6.02. The molecule has 0 bridgehead atoms. The van der Waals surface area contributed by atoms with Gasteiger partial charge in [-0.05, 0) is 25.3 Å². The molecular formula is C10H17N3O2. The lowest BCUT2D eigenvalue weighted by Crippen LogP contribution is -2.44. The molecule has 1 aliphatic heterocycles. The van der Waals surface area contributed by atoms with Crippen LogP contribution in [0.1, 0.15) is 19.3 Å². The summed E-state index contributed by atoms with van der Waals surface area (Å²) in [4.78, 5) is 26.3. The highest BCUT2D eigenvalue weighted by Crippen LogP contribution is 2.31. The molecule has 0 aromatic heterocycles. The van der Waals surface area contributed by atoms with Crippen molar-refractivity contribution in [3.63, 3.8) is 0 Å². The van der Waals surface area contributed by atoms with Crippen molar-refractivity contribution in [1.82, 2.24) is 9.80 Å². The lowest BCUT2D eigenvalue weighted by Gasteiger charge is -2.26. The van der Waals surface area contributed by atoms with Crippen LogP contribution in [0.3, 0.4) is 0 Å². The second kappa shape index (κ2) is 3.81. The molecule has 3 amide bonds. The number of hydrogen-bond acceptors (Lipinski definition) is 3. The van der Waals surface area contributed by atoms with E-state index >= 15 is 0 Å². The largest absolute Gasteiger partial charge is 0.330 e. The van der Waals surface area contributed by atoms with Crippen LogP contribution < -0.4 is 5.73 Å². The first-order chi connectivity index (χ1) is 7.15. The van der Waals surface area contributed by atoms with Gasteiger partial charge >= 0.3 is 6.03 Å². The molecular weight excluding hydrogens is 194 g/mol. The maximum atomic E-state index is 11.8. The van der Waals surface area contributed by atoms with Crippen LogP contribution >= 0.6 is 0 Å².